The van der Waals surface area contributed by atoms with E-state index < -0.39 is 58.0 Å². The minimum atomic E-state index is -2.65. The molecule has 0 unspecified atom stereocenters. The molecule has 0 aliphatic heterocycles. The average molecular weight is 480 g/mol. The number of likely N-dealkylation sites (N-methyl/N-ethyl adjacent to an activating group) is 1. The lowest BCUT2D eigenvalue weighted by molar-refractivity contribution is -0.153. The van der Waals surface area contributed by atoms with Gasteiger partial charge >= 0.3 is 0 Å². The zero-order valence-electron chi connectivity index (χ0n) is 19.0. The Morgan fingerprint density at radius 1 is 1.17 bits per heavy atom. The number of carbonyl (C=O) groups excluding carboxylic acids is 3. The molecule has 2 aromatic rings. The summed E-state index contributed by atoms with van der Waals surface area (Å²) < 4.78 is 5.18. The Balaban J connectivity index is 1.75. The van der Waals surface area contributed by atoms with Crippen LogP contribution in [0.3, 0.4) is 0 Å². The van der Waals surface area contributed by atoms with Crippen LogP contribution < -0.4 is 5.73 Å². The lowest BCUT2D eigenvalue weighted by Gasteiger charge is -2.50. The quantitative estimate of drug-likeness (QED) is 0.405. The van der Waals surface area contributed by atoms with Gasteiger partial charge in [0, 0.05) is 17.1 Å². The number of amides is 1. The monoisotopic (exact) mass is 480 g/mol. The van der Waals surface area contributed by atoms with Crippen LogP contribution >= 0.6 is 0 Å². The Bertz CT molecular complexity index is 1350. The lowest BCUT2D eigenvalue weighted by atomic mass is 9.57. The second-order valence-corrected chi connectivity index (χ2v) is 9.46. The third-order valence-corrected chi connectivity index (χ3v) is 7.44. The van der Waals surface area contributed by atoms with Crippen LogP contribution in [0.4, 0.5) is 0 Å². The third kappa shape index (κ3) is 2.93. The first-order valence-corrected chi connectivity index (χ1v) is 11.0. The van der Waals surface area contributed by atoms with E-state index in [4.69, 9.17) is 10.2 Å². The Hall–Kier alpha value is -3.89. The predicted octanol–water partition coefficient (Wildman–Crippen LogP) is 1.22. The highest BCUT2D eigenvalue weighted by Crippen LogP contribution is 2.53. The number of Topliss-reactive ketones (excluding diaryl/α,β-unsaturated/α-hetero) is 2. The molecule has 0 bridgehead atoms. The molecule has 1 aromatic carbocycles. The number of ketones is 2. The number of furan rings is 1. The molecular weight excluding hydrogens is 456 g/mol. The molecule has 1 amide bonds. The van der Waals surface area contributed by atoms with Gasteiger partial charge in [-0.2, -0.15) is 0 Å². The van der Waals surface area contributed by atoms with Gasteiger partial charge in [-0.05, 0) is 56.1 Å². The summed E-state index contributed by atoms with van der Waals surface area (Å²) in [7, 11) is 3.12. The van der Waals surface area contributed by atoms with E-state index in [0.29, 0.717) is 16.7 Å². The molecule has 182 valence electrons. The molecule has 6 N–H and O–H groups in total. The molecule has 0 saturated heterocycles. The van der Waals surface area contributed by atoms with E-state index in [1.54, 1.807) is 26.2 Å². The van der Waals surface area contributed by atoms with Crippen LogP contribution in [-0.2, 0) is 20.8 Å². The normalized spacial score (nSPS) is 28.2. The molecular formula is C25H24N2O8. The van der Waals surface area contributed by atoms with Gasteiger partial charge in [-0.1, -0.05) is 6.07 Å². The van der Waals surface area contributed by atoms with E-state index >= 15 is 0 Å². The number of hydrogen-bond acceptors (Lipinski definition) is 9. The smallest absolute Gasteiger partial charge is 0.255 e. The molecule has 3 aliphatic rings. The molecule has 35 heavy (non-hydrogen) atoms. The summed E-state index contributed by atoms with van der Waals surface area (Å²) in [5.41, 5.74) is 3.67. The maximum atomic E-state index is 13.8. The number of fused-ring (bicyclic) bond motifs is 3. The number of aliphatic hydroxyl groups excluding tert-OH is 2. The van der Waals surface area contributed by atoms with E-state index in [0.717, 1.165) is 0 Å². The van der Waals surface area contributed by atoms with Crippen molar-refractivity contribution in [1.82, 2.24) is 4.90 Å². The summed E-state index contributed by atoms with van der Waals surface area (Å²) in [4.78, 5) is 40.4. The summed E-state index contributed by atoms with van der Waals surface area (Å²) in [5, 5.41) is 44.2. The number of benzene rings is 1. The fourth-order valence-corrected chi connectivity index (χ4v) is 5.93. The number of nitrogens with two attached hydrogens (primary N) is 1. The zero-order chi connectivity index (χ0) is 25.4. The molecule has 4 atom stereocenters. The number of nitrogens with zero attached hydrogens (tertiary/aromatic N) is 1. The van der Waals surface area contributed by atoms with E-state index in [1.165, 1.54) is 23.5 Å². The zero-order valence-corrected chi connectivity index (χ0v) is 19.0. The second-order valence-electron chi connectivity index (χ2n) is 9.46. The predicted molar refractivity (Wildman–Crippen MR) is 122 cm³/mol. The number of aliphatic hydroxyl groups is 3. The van der Waals surface area contributed by atoms with Crippen molar-refractivity contribution in [3.8, 4) is 16.9 Å². The lowest BCUT2D eigenvalue weighted by Crippen LogP contribution is -2.65. The van der Waals surface area contributed by atoms with Crippen LogP contribution in [0.5, 0.6) is 5.75 Å². The number of hydrogen-bond donors (Lipinski definition) is 5. The fourth-order valence-electron chi connectivity index (χ4n) is 5.93. The van der Waals surface area contributed by atoms with Gasteiger partial charge in [-0.3, -0.25) is 19.3 Å². The Labute approximate surface area is 199 Å². The fraction of sp³-hybridized carbons (Fsp3) is 0.320. The highest BCUT2D eigenvalue weighted by atomic mass is 16.3. The van der Waals surface area contributed by atoms with Crippen LogP contribution in [0.2, 0.25) is 0 Å². The SMILES string of the molecule is CN(C)[C@H]1C(=O)C(C(N)=O)=C(O)[C@]2(O)C(=O)C3=C(O)c4c(O)ccc(-c5ccoc5)c4C[C@H]3C[C@H]12. The van der Waals surface area contributed by atoms with Crippen molar-refractivity contribution < 1.29 is 39.2 Å². The van der Waals surface area contributed by atoms with Crippen LogP contribution in [-0.4, -0.2) is 68.5 Å². The Morgan fingerprint density at radius 2 is 1.89 bits per heavy atom. The van der Waals surface area contributed by atoms with Gasteiger partial charge in [0.2, 0.25) is 5.78 Å². The molecule has 5 rings (SSSR count). The van der Waals surface area contributed by atoms with Crippen molar-refractivity contribution in [3.05, 3.63) is 58.8 Å². The van der Waals surface area contributed by atoms with Gasteiger partial charge in [-0.25, -0.2) is 0 Å². The average Bonchev–Trinajstić information content (AvgIpc) is 3.30. The highest BCUT2D eigenvalue weighted by Gasteiger charge is 2.64. The molecule has 1 saturated carbocycles. The highest BCUT2D eigenvalue weighted by molar-refractivity contribution is 6.24. The van der Waals surface area contributed by atoms with Crippen molar-refractivity contribution in [1.29, 1.82) is 0 Å². The van der Waals surface area contributed by atoms with Gasteiger partial charge in [0.25, 0.3) is 5.91 Å². The van der Waals surface area contributed by atoms with Crippen molar-refractivity contribution in [2.75, 3.05) is 14.1 Å². The first-order valence-electron chi connectivity index (χ1n) is 11.0. The van der Waals surface area contributed by atoms with Gasteiger partial charge in [-0.15, -0.1) is 0 Å². The minimum Gasteiger partial charge on any atom is -0.508 e. The Kier molecular flexibility index (Phi) is 4.94. The second kappa shape index (κ2) is 7.56. The molecule has 1 heterocycles. The number of phenols is 1. The molecule has 3 aliphatic carbocycles. The van der Waals surface area contributed by atoms with Gasteiger partial charge in [0.05, 0.1) is 24.1 Å². The molecule has 1 aromatic heterocycles. The van der Waals surface area contributed by atoms with Crippen LogP contribution in [0, 0.1) is 11.8 Å². The number of phenolic OH excluding ortho intramolecular Hbond substituents is 1. The van der Waals surface area contributed by atoms with Crippen LogP contribution in [0.25, 0.3) is 16.9 Å². The maximum Gasteiger partial charge on any atom is 0.255 e. The molecule has 0 radical (unpaired) electrons. The van der Waals surface area contributed by atoms with Crippen molar-refractivity contribution in [2.45, 2.75) is 24.5 Å². The van der Waals surface area contributed by atoms with Gasteiger partial charge in [0.15, 0.2) is 11.4 Å². The number of aromatic hydroxyl groups is 1. The number of primary amides is 1. The molecule has 0 spiro atoms. The summed E-state index contributed by atoms with van der Waals surface area (Å²) in [6.45, 7) is 0. The van der Waals surface area contributed by atoms with Crippen molar-refractivity contribution >= 4 is 23.2 Å². The first kappa shape index (κ1) is 22.9. The topological polar surface area (TPSA) is 175 Å². The standard InChI is InChI=1S/C25H24N2O8/c1-27(2)19-14-8-11-7-13-12(10-5-6-35-9-10)3-4-15(28)17(13)20(29)16(11)22(31)25(14,34)23(32)18(21(19)30)24(26)33/h3-6,9,11,14,19,28-29,32,34H,7-8H2,1-2H3,(H2,26,33)/t11-,14+,19+,25+/m0/s1. The summed E-state index contributed by atoms with van der Waals surface area (Å²) in [6, 6.07) is 3.67. The largest absolute Gasteiger partial charge is 0.508 e. The maximum absolute atomic E-state index is 13.8. The minimum absolute atomic E-state index is 0.0340. The first-order chi connectivity index (χ1) is 16.5. The van der Waals surface area contributed by atoms with Gasteiger partial charge in [0.1, 0.15) is 22.8 Å². The van der Waals surface area contributed by atoms with E-state index in [9.17, 15) is 34.8 Å². The third-order valence-electron chi connectivity index (χ3n) is 7.44. The van der Waals surface area contributed by atoms with Crippen molar-refractivity contribution in [3.63, 3.8) is 0 Å². The number of rotatable bonds is 3. The van der Waals surface area contributed by atoms with E-state index in [2.05, 4.69) is 0 Å². The van der Waals surface area contributed by atoms with E-state index in [-0.39, 0.29) is 29.7 Å². The van der Waals surface area contributed by atoms with E-state index in [1.807, 2.05) is 0 Å². The van der Waals surface area contributed by atoms with Crippen LogP contribution in [0.1, 0.15) is 17.5 Å². The Morgan fingerprint density at radius 3 is 2.49 bits per heavy atom. The summed E-state index contributed by atoms with van der Waals surface area (Å²) >= 11 is 0. The van der Waals surface area contributed by atoms with Crippen molar-refractivity contribution in [2.24, 2.45) is 17.6 Å². The summed E-state index contributed by atoms with van der Waals surface area (Å²) in [6.07, 6.45) is 3.25. The van der Waals surface area contributed by atoms with Gasteiger partial charge < -0.3 is 30.6 Å². The van der Waals surface area contributed by atoms with Crippen LogP contribution in [0.15, 0.2) is 52.0 Å². The molecule has 1 fully saturated rings. The number of carbonyl (C=O) groups is 3. The molecule has 10 heteroatoms. The molecule has 10 nitrogen and oxygen atoms in total. The summed E-state index contributed by atoms with van der Waals surface area (Å²) in [5.74, 6) is -6.73.